The van der Waals surface area contributed by atoms with E-state index in [9.17, 15) is 9.59 Å². The number of hydrogen-bond acceptors (Lipinski definition) is 5. The molecule has 0 radical (unpaired) electrons. The van der Waals surface area contributed by atoms with Crippen LogP contribution in [0.3, 0.4) is 0 Å². The average Bonchev–Trinajstić information content (AvgIpc) is 3.01. The van der Waals surface area contributed by atoms with Crippen molar-refractivity contribution >= 4 is 11.9 Å². The molecule has 1 N–H and O–H groups in total. The Hall–Kier alpha value is -1.92. The highest BCUT2D eigenvalue weighted by atomic mass is 16.5. The normalized spacial score (nSPS) is 22.8. The Morgan fingerprint density at radius 2 is 1.91 bits per heavy atom. The topological polar surface area (TPSA) is 61.9 Å². The van der Waals surface area contributed by atoms with Gasteiger partial charge < -0.3 is 10.1 Å². The van der Waals surface area contributed by atoms with Crippen molar-refractivity contribution in [3.8, 4) is 0 Å². The lowest BCUT2D eigenvalue weighted by molar-refractivity contribution is -0.143. The molecular formula is C17H23N3O3. The van der Waals surface area contributed by atoms with Gasteiger partial charge in [-0.15, -0.1) is 0 Å². The number of esters is 1. The Bertz CT molecular complexity index is 541. The number of amides is 1. The molecule has 1 amide bonds. The van der Waals surface area contributed by atoms with E-state index in [1.807, 2.05) is 30.3 Å². The number of nitrogens with one attached hydrogen (secondary N) is 1. The van der Waals surface area contributed by atoms with Crippen molar-refractivity contribution in [3.63, 3.8) is 0 Å². The number of piperazine rings is 1. The van der Waals surface area contributed by atoms with E-state index in [4.69, 9.17) is 4.74 Å². The zero-order valence-corrected chi connectivity index (χ0v) is 13.2. The van der Waals surface area contributed by atoms with Gasteiger partial charge in [0.2, 0.25) is 5.91 Å². The predicted octanol–water partition coefficient (Wildman–Crippen LogP) is 0.236. The summed E-state index contributed by atoms with van der Waals surface area (Å²) in [5, 5.41) is 2.95. The fourth-order valence-corrected chi connectivity index (χ4v) is 3.11. The maximum absolute atomic E-state index is 12.0. The van der Waals surface area contributed by atoms with Gasteiger partial charge in [0.05, 0.1) is 13.2 Å². The van der Waals surface area contributed by atoms with Crippen molar-refractivity contribution in [1.29, 1.82) is 0 Å². The minimum absolute atomic E-state index is 0.0441. The van der Waals surface area contributed by atoms with Crippen molar-refractivity contribution in [2.24, 2.45) is 0 Å². The van der Waals surface area contributed by atoms with Gasteiger partial charge in [0, 0.05) is 39.1 Å². The van der Waals surface area contributed by atoms with Gasteiger partial charge in [0.25, 0.3) is 0 Å². The molecular weight excluding hydrogens is 294 g/mol. The molecule has 6 heteroatoms. The number of ether oxygens (including phenoxy) is 1. The lowest BCUT2D eigenvalue weighted by Crippen LogP contribution is -2.53. The Balaban J connectivity index is 1.38. The molecule has 1 aromatic rings. The largest absolute Gasteiger partial charge is 0.464 e. The molecule has 1 aromatic carbocycles. The number of benzene rings is 1. The first-order valence-electron chi connectivity index (χ1n) is 8.16. The standard InChI is InChI=1S/C17H23N3O3/c21-16(18-12-14-4-2-1-3-5-14)13-19-7-9-20(10-8-19)15-6-11-23-17(15)22/h1-5,15H,6-13H2,(H,18,21)/t15-/m0/s1. The predicted molar refractivity (Wildman–Crippen MR) is 85.7 cm³/mol. The van der Waals surface area contributed by atoms with Crippen molar-refractivity contribution in [3.05, 3.63) is 35.9 Å². The monoisotopic (exact) mass is 317 g/mol. The van der Waals surface area contributed by atoms with Crippen molar-refractivity contribution in [2.45, 2.75) is 19.0 Å². The third-order valence-electron chi connectivity index (χ3n) is 4.46. The highest BCUT2D eigenvalue weighted by Crippen LogP contribution is 2.16. The average molecular weight is 317 g/mol. The third-order valence-corrected chi connectivity index (χ3v) is 4.46. The van der Waals surface area contributed by atoms with Crippen molar-refractivity contribution in [1.82, 2.24) is 15.1 Å². The van der Waals surface area contributed by atoms with Crippen LogP contribution in [0, 0.1) is 0 Å². The molecule has 0 spiro atoms. The Morgan fingerprint density at radius 3 is 2.57 bits per heavy atom. The van der Waals surface area contributed by atoms with E-state index in [-0.39, 0.29) is 17.9 Å². The zero-order chi connectivity index (χ0) is 16.1. The van der Waals surface area contributed by atoms with E-state index >= 15 is 0 Å². The summed E-state index contributed by atoms with van der Waals surface area (Å²) in [7, 11) is 0. The van der Waals surface area contributed by atoms with Crippen LogP contribution in [0.1, 0.15) is 12.0 Å². The Kier molecular flexibility index (Phi) is 5.25. The second-order valence-electron chi connectivity index (χ2n) is 6.05. The van der Waals surface area contributed by atoms with E-state index in [0.29, 0.717) is 19.7 Å². The van der Waals surface area contributed by atoms with E-state index in [0.717, 1.165) is 38.2 Å². The van der Waals surface area contributed by atoms with Gasteiger partial charge in [-0.05, 0) is 5.56 Å². The first-order chi connectivity index (χ1) is 11.2. The molecule has 0 aliphatic carbocycles. The molecule has 0 aromatic heterocycles. The van der Waals surface area contributed by atoms with Gasteiger partial charge in [0.1, 0.15) is 6.04 Å². The number of cyclic esters (lactones) is 1. The van der Waals surface area contributed by atoms with Gasteiger partial charge in [-0.1, -0.05) is 30.3 Å². The minimum atomic E-state index is -0.0981. The SMILES string of the molecule is O=C(CN1CCN([C@H]2CCOC2=O)CC1)NCc1ccccc1. The fourth-order valence-electron chi connectivity index (χ4n) is 3.11. The van der Waals surface area contributed by atoms with E-state index in [1.54, 1.807) is 0 Å². The molecule has 2 heterocycles. The van der Waals surface area contributed by atoms with Gasteiger partial charge in [-0.2, -0.15) is 0 Å². The van der Waals surface area contributed by atoms with E-state index < -0.39 is 0 Å². The molecule has 0 unspecified atom stereocenters. The van der Waals surface area contributed by atoms with Crippen LogP contribution >= 0.6 is 0 Å². The molecule has 2 fully saturated rings. The second kappa shape index (κ2) is 7.57. The summed E-state index contributed by atoms with van der Waals surface area (Å²) in [6, 6.07) is 9.82. The second-order valence-corrected chi connectivity index (χ2v) is 6.05. The molecule has 124 valence electrons. The number of carbonyl (C=O) groups is 2. The first-order valence-corrected chi connectivity index (χ1v) is 8.16. The number of carbonyl (C=O) groups excluding carboxylic acids is 2. The van der Waals surface area contributed by atoms with Crippen LogP contribution in [0.5, 0.6) is 0 Å². The van der Waals surface area contributed by atoms with Crippen LogP contribution < -0.4 is 5.32 Å². The number of rotatable bonds is 5. The summed E-state index contributed by atoms with van der Waals surface area (Å²) in [6.45, 7) is 4.75. The third kappa shape index (κ3) is 4.30. The maximum Gasteiger partial charge on any atom is 0.323 e. The quantitative estimate of drug-likeness (QED) is 0.788. The van der Waals surface area contributed by atoms with Crippen LogP contribution in [0.15, 0.2) is 30.3 Å². The molecule has 0 bridgehead atoms. The van der Waals surface area contributed by atoms with Crippen LogP contribution in [0.2, 0.25) is 0 Å². The van der Waals surface area contributed by atoms with Crippen LogP contribution in [-0.4, -0.2) is 67.0 Å². The van der Waals surface area contributed by atoms with Crippen molar-refractivity contribution < 1.29 is 14.3 Å². The lowest BCUT2D eigenvalue weighted by atomic mass is 10.2. The molecule has 2 aliphatic heterocycles. The van der Waals surface area contributed by atoms with Crippen LogP contribution in [0.25, 0.3) is 0 Å². The maximum atomic E-state index is 12.0. The molecule has 2 saturated heterocycles. The minimum Gasteiger partial charge on any atom is -0.464 e. The van der Waals surface area contributed by atoms with Crippen molar-refractivity contribution in [2.75, 3.05) is 39.3 Å². The number of hydrogen-bond donors (Lipinski definition) is 1. The summed E-state index contributed by atoms with van der Waals surface area (Å²) in [5.74, 6) is -0.0540. The molecule has 1 atom stereocenters. The van der Waals surface area contributed by atoms with Gasteiger partial charge in [-0.25, -0.2) is 0 Å². The molecule has 23 heavy (non-hydrogen) atoms. The fraction of sp³-hybridized carbons (Fsp3) is 0.529. The highest BCUT2D eigenvalue weighted by Gasteiger charge is 2.34. The lowest BCUT2D eigenvalue weighted by Gasteiger charge is -2.36. The molecule has 2 aliphatic rings. The molecule has 0 saturated carbocycles. The molecule has 3 rings (SSSR count). The van der Waals surface area contributed by atoms with Crippen LogP contribution in [-0.2, 0) is 20.9 Å². The van der Waals surface area contributed by atoms with Gasteiger partial charge in [-0.3, -0.25) is 19.4 Å². The summed E-state index contributed by atoms with van der Waals surface area (Å²) in [5.41, 5.74) is 1.10. The highest BCUT2D eigenvalue weighted by molar-refractivity contribution is 5.78. The van der Waals surface area contributed by atoms with Gasteiger partial charge >= 0.3 is 5.97 Å². The van der Waals surface area contributed by atoms with Gasteiger partial charge in [0.15, 0.2) is 0 Å². The summed E-state index contributed by atoms with van der Waals surface area (Å²) in [4.78, 5) is 28.0. The smallest absolute Gasteiger partial charge is 0.323 e. The van der Waals surface area contributed by atoms with Crippen LogP contribution in [0.4, 0.5) is 0 Å². The zero-order valence-electron chi connectivity index (χ0n) is 13.2. The summed E-state index contributed by atoms with van der Waals surface area (Å²) in [6.07, 6.45) is 0.788. The number of nitrogens with zero attached hydrogens (tertiary/aromatic N) is 2. The molecule has 6 nitrogen and oxygen atoms in total. The van der Waals surface area contributed by atoms with E-state index in [1.165, 1.54) is 0 Å². The van der Waals surface area contributed by atoms with E-state index in [2.05, 4.69) is 15.1 Å². The summed E-state index contributed by atoms with van der Waals surface area (Å²) >= 11 is 0. The Morgan fingerprint density at radius 1 is 1.17 bits per heavy atom. The Labute approximate surface area is 136 Å². The summed E-state index contributed by atoms with van der Waals surface area (Å²) < 4.78 is 5.03. The first kappa shape index (κ1) is 16.0.